The molecule has 0 saturated carbocycles. The number of carbonyl (C=O) groups is 2. The molecule has 0 aliphatic heterocycles. The number of pyridine rings is 1. The van der Waals surface area contributed by atoms with Crippen LogP contribution in [0.2, 0.25) is 5.02 Å². The molecule has 0 spiro atoms. The van der Waals surface area contributed by atoms with E-state index in [0.717, 1.165) is 25.3 Å². The van der Waals surface area contributed by atoms with Crippen LogP contribution in [0.4, 0.5) is 27.8 Å². The number of alkyl halides is 3. The molecule has 0 saturated heterocycles. The Bertz CT molecular complexity index is 2020. The van der Waals surface area contributed by atoms with Crippen molar-refractivity contribution >= 4 is 62.4 Å². The molecule has 0 bridgehead atoms. The molecule has 260 valence electrons. The van der Waals surface area contributed by atoms with Crippen LogP contribution in [0.5, 0.6) is 0 Å². The van der Waals surface area contributed by atoms with Gasteiger partial charge in [-0.3, -0.25) is 18.5 Å². The summed E-state index contributed by atoms with van der Waals surface area (Å²) in [5.41, 5.74) is 0.279. The Morgan fingerprint density at radius 1 is 1.08 bits per heavy atom. The molecule has 0 radical (unpaired) electrons. The summed E-state index contributed by atoms with van der Waals surface area (Å²) in [6, 6.07) is 7.32. The van der Waals surface area contributed by atoms with Crippen molar-refractivity contribution in [3.63, 3.8) is 0 Å². The molecule has 0 aliphatic carbocycles. The minimum atomic E-state index is -4.81. The third kappa shape index (κ3) is 8.70. The van der Waals surface area contributed by atoms with Crippen molar-refractivity contribution in [2.75, 3.05) is 16.8 Å². The SMILES string of the molecule is CC(=O)N(c1nn(CC(F)(F)F)c2c(-c3ccc(C#CC(C)(C)S(C)=O)nc3C(Cc3cc(F)cc(F)c3)NC=O)ccc(Cl)c12)S(C)=O. The highest BCUT2D eigenvalue weighted by Gasteiger charge is 2.34. The number of aromatic nitrogens is 3. The van der Waals surface area contributed by atoms with Gasteiger partial charge in [0.05, 0.1) is 27.7 Å². The lowest BCUT2D eigenvalue weighted by atomic mass is 9.94. The van der Waals surface area contributed by atoms with E-state index in [4.69, 9.17) is 11.6 Å². The van der Waals surface area contributed by atoms with Crippen LogP contribution < -0.4 is 9.62 Å². The standard InChI is InChI=1S/C32H29ClF5N5O4S2/c1-18(45)43(49(5)47)30-27-25(33)9-8-24(29(27)42(41-30)16-32(36,37)38)23-7-6-22(10-11-31(2,3)48(4)46)40-28(23)26(39-17-44)14-19-12-20(34)15-21(35)13-19/h6-9,12-13,15,17,26H,14,16H2,1-5H3,(H,39,44). The second kappa shape index (κ2) is 14.7. The van der Waals surface area contributed by atoms with Gasteiger partial charge in [0, 0.05) is 47.4 Å². The summed E-state index contributed by atoms with van der Waals surface area (Å²) < 4.78 is 95.3. The van der Waals surface area contributed by atoms with E-state index in [0.29, 0.717) is 21.5 Å². The second-order valence-electron chi connectivity index (χ2n) is 11.3. The van der Waals surface area contributed by atoms with Crippen LogP contribution in [0, 0.1) is 23.5 Å². The minimum absolute atomic E-state index is 0.0337. The van der Waals surface area contributed by atoms with E-state index in [1.165, 1.54) is 30.5 Å². The van der Waals surface area contributed by atoms with E-state index in [1.54, 1.807) is 13.8 Å². The quantitative estimate of drug-likeness (QED) is 0.125. The molecule has 2 heterocycles. The van der Waals surface area contributed by atoms with Gasteiger partial charge in [0.15, 0.2) is 5.82 Å². The summed E-state index contributed by atoms with van der Waals surface area (Å²) in [6.07, 6.45) is -2.07. The summed E-state index contributed by atoms with van der Waals surface area (Å²) in [5.74, 6) is 2.80. The van der Waals surface area contributed by atoms with Crippen LogP contribution in [0.25, 0.3) is 22.0 Å². The predicted octanol–water partition coefficient (Wildman–Crippen LogP) is 5.78. The molecule has 1 N–H and O–H groups in total. The van der Waals surface area contributed by atoms with E-state index in [9.17, 15) is 40.0 Å². The molecular weight excluding hydrogens is 713 g/mol. The molecule has 3 unspecified atom stereocenters. The molecule has 0 aliphatic rings. The molecule has 3 atom stereocenters. The van der Waals surface area contributed by atoms with Crippen molar-refractivity contribution < 1.29 is 40.0 Å². The highest BCUT2D eigenvalue weighted by Crippen LogP contribution is 2.42. The highest BCUT2D eigenvalue weighted by molar-refractivity contribution is 7.86. The number of rotatable bonds is 10. The lowest BCUT2D eigenvalue weighted by Crippen LogP contribution is -2.30. The fourth-order valence-corrected chi connectivity index (χ4v) is 6.13. The van der Waals surface area contributed by atoms with Crippen LogP contribution in [0.1, 0.15) is 43.8 Å². The molecule has 49 heavy (non-hydrogen) atoms. The van der Waals surface area contributed by atoms with E-state index in [2.05, 4.69) is 27.2 Å². The van der Waals surface area contributed by atoms with Crippen LogP contribution in [0.15, 0.2) is 42.5 Å². The molecule has 2 aromatic heterocycles. The lowest BCUT2D eigenvalue weighted by molar-refractivity contribution is -0.141. The highest BCUT2D eigenvalue weighted by atomic mass is 35.5. The summed E-state index contributed by atoms with van der Waals surface area (Å²) in [6.45, 7) is 2.74. The monoisotopic (exact) mass is 741 g/mol. The first-order chi connectivity index (χ1) is 22.8. The lowest BCUT2D eigenvalue weighted by Gasteiger charge is -2.21. The largest absolute Gasteiger partial charge is 0.408 e. The molecule has 0 fully saturated rings. The average Bonchev–Trinajstić information content (AvgIpc) is 3.32. The molecular formula is C32H29ClF5N5O4S2. The van der Waals surface area contributed by atoms with Crippen molar-refractivity contribution in [2.24, 2.45) is 0 Å². The van der Waals surface area contributed by atoms with E-state index >= 15 is 0 Å². The van der Waals surface area contributed by atoms with E-state index in [1.807, 2.05) is 0 Å². The number of anilines is 1. The number of hydrogen-bond acceptors (Lipinski definition) is 6. The Hall–Kier alpha value is -4.20. The van der Waals surface area contributed by atoms with E-state index in [-0.39, 0.29) is 56.2 Å². The van der Waals surface area contributed by atoms with Gasteiger partial charge in [-0.05, 0) is 62.1 Å². The summed E-state index contributed by atoms with van der Waals surface area (Å²) >= 11 is 6.52. The third-order valence-corrected chi connectivity index (χ3v) is 10.1. The van der Waals surface area contributed by atoms with Crippen LogP contribution >= 0.6 is 11.6 Å². The van der Waals surface area contributed by atoms with Gasteiger partial charge < -0.3 is 5.32 Å². The molecule has 4 rings (SSSR count). The number of benzene rings is 2. The maximum Gasteiger partial charge on any atom is 0.408 e. The van der Waals surface area contributed by atoms with E-state index < -0.39 is 62.8 Å². The molecule has 17 heteroatoms. The number of hydrogen-bond donors (Lipinski definition) is 1. The predicted molar refractivity (Wildman–Crippen MR) is 178 cm³/mol. The summed E-state index contributed by atoms with van der Waals surface area (Å²) in [4.78, 5) is 29.0. The van der Waals surface area contributed by atoms with Gasteiger partial charge in [0.2, 0.25) is 12.3 Å². The topological polar surface area (TPSA) is 114 Å². The van der Waals surface area contributed by atoms with Crippen molar-refractivity contribution in [1.29, 1.82) is 0 Å². The third-order valence-electron chi connectivity index (χ3n) is 7.28. The maximum atomic E-state index is 14.2. The Labute approximate surface area is 288 Å². The zero-order chi connectivity index (χ0) is 36.4. The normalized spacial score (nSPS) is 13.7. The summed E-state index contributed by atoms with van der Waals surface area (Å²) in [7, 11) is -3.42. The summed E-state index contributed by atoms with van der Waals surface area (Å²) in [5, 5.41) is 6.39. The fraction of sp³-hybridized carbons (Fsp3) is 0.312. The van der Waals surface area contributed by atoms with Gasteiger partial charge in [0.25, 0.3) is 0 Å². The number of nitrogens with zero attached hydrogens (tertiary/aromatic N) is 4. The van der Waals surface area contributed by atoms with Gasteiger partial charge in [-0.25, -0.2) is 22.3 Å². The van der Waals surface area contributed by atoms with Gasteiger partial charge >= 0.3 is 6.18 Å². The maximum absolute atomic E-state index is 14.2. The minimum Gasteiger partial charge on any atom is -0.350 e. The average molecular weight is 742 g/mol. The van der Waals surface area contributed by atoms with Crippen molar-refractivity contribution in [3.05, 3.63) is 76.1 Å². The van der Waals surface area contributed by atoms with Crippen molar-refractivity contribution in [3.8, 4) is 23.0 Å². The number of carbonyl (C=O) groups excluding carboxylic acids is 2. The second-order valence-corrected chi connectivity index (χ2v) is 14.9. The smallest absolute Gasteiger partial charge is 0.350 e. The van der Waals surface area contributed by atoms with Gasteiger partial charge in [-0.2, -0.15) is 18.3 Å². The zero-order valence-electron chi connectivity index (χ0n) is 26.6. The van der Waals surface area contributed by atoms with Gasteiger partial charge in [-0.1, -0.05) is 23.6 Å². The Balaban J connectivity index is 2.10. The first-order valence-electron chi connectivity index (χ1n) is 14.3. The zero-order valence-corrected chi connectivity index (χ0v) is 29.0. The van der Waals surface area contributed by atoms with Crippen LogP contribution in [0.3, 0.4) is 0 Å². The van der Waals surface area contributed by atoms with Crippen LogP contribution in [-0.2, 0) is 44.3 Å². The number of fused-ring (bicyclic) bond motifs is 1. The van der Waals surface area contributed by atoms with Crippen molar-refractivity contribution in [1.82, 2.24) is 20.1 Å². The molecule has 2 aromatic carbocycles. The molecule has 9 nitrogen and oxygen atoms in total. The Morgan fingerprint density at radius 2 is 1.71 bits per heavy atom. The number of amides is 2. The first kappa shape index (κ1) is 37.6. The Kier molecular flexibility index (Phi) is 11.3. The van der Waals surface area contributed by atoms with Gasteiger partial charge in [0.1, 0.15) is 39.6 Å². The molecule has 4 aromatic rings. The van der Waals surface area contributed by atoms with Crippen LogP contribution in [-0.4, -0.2) is 58.9 Å². The Morgan fingerprint density at radius 3 is 2.27 bits per heavy atom. The number of halogens is 6. The first-order valence-corrected chi connectivity index (χ1v) is 17.7. The van der Waals surface area contributed by atoms with Gasteiger partial charge in [-0.15, -0.1) is 0 Å². The molecule has 2 amide bonds. The fourth-order valence-electron chi connectivity index (χ4n) is 4.96. The van der Waals surface area contributed by atoms with Crippen molar-refractivity contribution in [2.45, 2.75) is 50.7 Å². The number of nitrogens with one attached hydrogen (secondary N) is 1.